The number of anilines is 1. The molecule has 2 N–H and O–H groups in total. The van der Waals surface area contributed by atoms with E-state index in [0.29, 0.717) is 43.0 Å². The van der Waals surface area contributed by atoms with Crippen LogP contribution in [0.4, 0.5) is 19.0 Å². The van der Waals surface area contributed by atoms with E-state index in [4.69, 9.17) is 14.5 Å². The monoisotopic (exact) mass is 605 g/mol. The van der Waals surface area contributed by atoms with E-state index < -0.39 is 28.8 Å². The number of benzene rings is 3. The van der Waals surface area contributed by atoms with Gasteiger partial charge in [0.1, 0.15) is 17.2 Å². The van der Waals surface area contributed by atoms with Gasteiger partial charge >= 0.3 is 6.01 Å². The van der Waals surface area contributed by atoms with Gasteiger partial charge in [0.25, 0.3) is 0 Å². The third-order valence-corrected chi connectivity index (χ3v) is 9.76. The average Bonchev–Trinajstić information content (AvgIpc) is 3.47. The van der Waals surface area contributed by atoms with E-state index in [9.17, 15) is 5.11 Å². The van der Waals surface area contributed by atoms with Crippen molar-refractivity contribution in [3.63, 3.8) is 0 Å². The highest BCUT2D eigenvalue weighted by molar-refractivity contribution is 6.01. The summed E-state index contributed by atoms with van der Waals surface area (Å²) >= 11 is 0. The first kappa shape index (κ1) is 27.8. The maximum Gasteiger partial charge on any atom is 0.319 e. The minimum atomic E-state index is -1.10. The van der Waals surface area contributed by atoms with Gasteiger partial charge in [-0.3, -0.25) is 4.90 Å². The largest absolute Gasteiger partial charge is 0.505 e. The van der Waals surface area contributed by atoms with Crippen LogP contribution in [0.15, 0.2) is 36.4 Å². The van der Waals surface area contributed by atoms with Gasteiger partial charge in [0.15, 0.2) is 17.4 Å². The molecule has 4 fully saturated rings. The van der Waals surface area contributed by atoms with Gasteiger partial charge in [-0.05, 0) is 55.0 Å². The Kier molecular flexibility index (Phi) is 6.99. The molecule has 44 heavy (non-hydrogen) atoms. The normalized spacial score (nSPS) is 24.9. The van der Waals surface area contributed by atoms with Crippen LogP contribution in [0.3, 0.4) is 0 Å². The highest BCUT2D eigenvalue weighted by Crippen LogP contribution is 2.42. The number of aromatic hydroxyl groups is 1. The summed E-state index contributed by atoms with van der Waals surface area (Å²) in [5, 5.41) is 14.8. The van der Waals surface area contributed by atoms with Crippen LogP contribution in [0.25, 0.3) is 32.8 Å². The number of phenols is 1. The lowest BCUT2D eigenvalue weighted by molar-refractivity contribution is -0.0161. The fraction of sp³-hybridized carbons (Fsp3) is 0.455. The van der Waals surface area contributed by atoms with Crippen molar-refractivity contribution < 1.29 is 27.8 Å². The number of piperazine rings is 1. The summed E-state index contributed by atoms with van der Waals surface area (Å²) in [5.74, 6) is -3.36. The lowest BCUT2D eigenvalue weighted by atomic mass is 9.95. The molecule has 0 saturated carbocycles. The second-order valence-electron chi connectivity index (χ2n) is 12.5. The molecule has 4 aliphatic rings. The molecule has 4 aliphatic heterocycles. The first-order valence-electron chi connectivity index (χ1n) is 15.5. The maximum absolute atomic E-state index is 16.6. The van der Waals surface area contributed by atoms with Crippen molar-refractivity contribution >= 4 is 27.5 Å². The molecule has 5 heterocycles. The van der Waals surface area contributed by atoms with Crippen molar-refractivity contribution in [3.05, 3.63) is 53.8 Å². The number of ether oxygens (including phenoxy) is 2. The van der Waals surface area contributed by atoms with Crippen LogP contribution < -0.4 is 15.0 Å². The number of halogens is 3. The van der Waals surface area contributed by atoms with Crippen molar-refractivity contribution in [2.24, 2.45) is 0 Å². The minimum absolute atomic E-state index is 0.000950. The number of fused-ring (bicyclic) bond motifs is 6. The molecule has 0 aliphatic carbocycles. The SMILES string of the molecule is Oc1cc2ccccc2c(-c2c(F)cc3c(N4CC5CCC(C4)N5)nc(OCCCN4C5CCC4COC5)nc3c2F)c1F. The van der Waals surface area contributed by atoms with Gasteiger partial charge in [-0.2, -0.15) is 9.97 Å². The van der Waals surface area contributed by atoms with Crippen LogP contribution in [-0.4, -0.2) is 83.6 Å². The fourth-order valence-electron chi connectivity index (χ4n) is 7.71. The number of aromatic nitrogens is 2. The molecule has 4 unspecified atom stereocenters. The molecule has 3 aromatic carbocycles. The molecule has 1 aromatic heterocycles. The fourth-order valence-corrected chi connectivity index (χ4v) is 7.71. The second kappa shape index (κ2) is 11.0. The van der Waals surface area contributed by atoms with Crippen LogP contribution in [-0.2, 0) is 4.74 Å². The molecule has 4 saturated heterocycles. The van der Waals surface area contributed by atoms with E-state index in [1.54, 1.807) is 24.3 Å². The summed E-state index contributed by atoms with van der Waals surface area (Å²) in [7, 11) is 0. The van der Waals surface area contributed by atoms with Gasteiger partial charge in [-0.15, -0.1) is 0 Å². The van der Waals surface area contributed by atoms with E-state index >= 15 is 13.2 Å². The Balaban J connectivity index is 1.19. The molecule has 0 spiro atoms. The van der Waals surface area contributed by atoms with E-state index in [0.717, 1.165) is 51.9 Å². The van der Waals surface area contributed by atoms with E-state index in [1.807, 2.05) is 4.90 Å². The topological polar surface area (TPSA) is 83.0 Å². The Morgan fingerprint density at radius 3 is 2.43 bits per heavy atom. The Labute approximate surface area is 252 Å². The van der Waals surface area contributed by atoms with Crippen LogP contribution in [0.2, 0.25) is 0 Å². The summed E-state index contributed by atoms with van der Waals surface area (Å²) in [6, 6.07) is 10.4. The van der Waals surface area contributed by atoms with Crippen LogP contribution in [0.5, 0.6) is 11.8 Å². The number of hydrogen-bond donors (Lipinski definition) is 2. The number of hydrogen-bond acceptors (Lipinski definition) is 8. The van der Waals surface area contributed by atoms with E-state index in [2.05, 4.69) is 15.2 Å². The summed E-state index contributed by atoms with van der Waals surface area (Å²) in [6.45, 7) is 3.98. The van der Waals surface area contributed by atoms with Crippen molar-refractivity contribution in [3.8, 4) is 22.9 Å². The van der Waals surface area contributed by atoms with Crippen LogP contribution in [0.1, 0.15) is 32.1 Å². The second-order valence-corrected chi connectivity index (χ2v) is 12.5. The van der Waals surface area contributed by atoms with Gasteiger partial charge in [0.2, 0.25) is 0 Å². The van der Waals surface area contributed by atoms with Gasteiger partial charge < -0.3 is 24.8 Å². The van der Waals surface area contributed by atoms with Crippen LogP contribution in [0, 0.1) is 17.5 Å². The molecule has 4 aromatic rings. The molecule has 4 bridgehead atoms. The highest BCUT2D eigenvalue weighted by atomic mass is 19.1. The van der Waals surface area contributed by atoms with Crippen molar-refractivity contribution in [2.45, 2.75) is 56.3 Å². The van der Waals surface area contributed by atoms with Gasteiger partial charge in [0.05, 0.1) is 25.4 Å². The molecule has 230 valence electrons. The lowest BCUT2D eigenvalue weighted by Crippen LogP contribution is -2.51. The third kappa shape index (κ3) is 4.72. The summed E-state index contributed by atoms with van der Waals surface area (Å²) in [5.41, 5.74) is -1.08. The zero-order valence-corrected chi connectivity index (χ0v) is 24.2. The highest BCUT2D eigenvalue weighted by Gasteiger charge is 2.37. The zero-order chi connectivity index (χ0) is 29.9. The first-order valence-corrected chi connectivity index (χ1v) is 15.5. The Morgan fingerprint density at radius 2 is 1.66 bits per heavy atom. The third-order valence-electron chi connectivity index (χ3n) is 9.76. The smallest absolute Gasteiger partial charge is 0.319 e. The molecule has 0 amide bonds. The van der Waals surface area contributed by atoms with Gasteiger partial charge in [-0.1, -0.05) is 24.3 Å². The van der Waals surface area contributed by atoms with Gasteiger partial charge in [-0.25, -0.2) is 13.2 Å². The Hall–Kier alpha value is -3.67. The number of nitrogens with zero attached hydrogens (tertiary/aromatic N) is 4. The Morgan fingerprint density at radius 1 is 0.909 bits per heavy atom. The molecule has 0 radical (unpaired) electrons. The molecule has 4 atom stereocenters. The minimum Gasteiger partial charge on any atom is -0.505 e. The zero-order valence-electron chi connectivity index (χ0n) is 24.2. The van der Waals surface area contributed by atoms with Gasteiger partial charge in [0, 0.05) is 54.8 Å². The van der Waals surface area contributed by atoms with E-state index in [1.165, 1.54) is 12.1 Å². The molecule has 11 heteroatoms. The van der Waals surface area contributed by atoms with Crippen LogP contribution >= 0.6 is 0 Å². The summed E-state index contributed by atoms with van der Waals surface area (Å²) < 4.78 is 59.8. The molecule has 8 rings (SSSR count). The summed E-state index contributed by atoms with van der Waals surface area (Å²) in [6.07, 6.45) is 5.06. The lowest BCUT2D eigenvalue weighted by Gasteiger charge is -2.34. The predicted octanol–water partition coefficient (Wildman–Crippen LogP) is 5.15. The van der Waals surface area contributed by atoms with Crippen molar-refractivity contribution in [1.82, 2.24) is 20.2 Å². The standard InChI is InChI=1S/C33H34F3N5O3/c34-25-13-24-31(30(36)28(25)27-23-5-2-1-4-18(23)12-26(42)29(27)35)38-33(39-32(24)40-14-19-6-7-20(15-40)37-19)44-11-3-10-41-21-8-9-22(41)17-43-16-21/h1-2,4-5,12-13,19-22,37,42H,3,6-11,14-17H2. The molecular formula is C33H34F3N5O3. The first-order chi connectivity index (χ1) is 21.4. The number of phenolic OH excluding ortho intramolecular Hbond substituents is 1. The van der Waals surface area contributed by atoms with E-state index in [-0.39, 0.29) is 39.9 Å². The van der Waals surface area contributed by atoms with Crippen molar-refractivity contribution in [2.75, 3.05) is 44.4 Å². The summed E-state index contributed by atoms with van der Waals surface area (Å²) in [4.78, 5) is 13.7. The predicted molar refractivity (Wildman–Crippen MR) is 161 cm³/mol. The number of morpholine rings is 1. The number of rotatable bonds is 7. The maximum atomic E-state index is 16.6. The molecular weight excluding hydrogens is 571 g/mol. The van der Waals surface area contributed by atoms with Crippen molar-refractivity contribution in [1.29, 1.82) is 0 Å². The average molecular weight is 606 g/mol. The quantitative estimate of drug-likeness (QED) is 0.280. The molecule has 8 nitrogen and oxygen atoms in total. The number of nitrogens with one attached hydrogen (secondary N) is 1. The Bertz CT molecular complexity index is 1730.